The summed E-state index contributed by atoms with van der Waals surface area (Å²) in [5.74, 6) is -0.124. The molecule has 1 aliphatic heterocycles. The van der Waals surface area contributed by atoms with Crippen molar-refractivity contribution in [2.75, 3.05) is 33.4 Å². The van der Waals surface area contributed by atoms with Gasteiger partial charge in [-0.25, -0.2) is 0 Å². The predicted molar refractivity (Wildman–Crippen MR) is 45.7 cm³/mol. The van der Waals surface area contributed by atoms with Gasteiger partial charge in [0.1, 0.15) is 0 Å². The van der Waals surface area contributed by atoms with E-state index in [0.29, 0.717) is 6.42 Å². The summed E-state index contributed by atoms with van der Waals surface area (Å²) in [7, 11) is 1.43. The van der Waals surface area contributed by atoms with Crippen molar-refractivity contribution < 1.29 is 9.53 Å². The highest BCUT2D eigenvalue weighted by Crippen LogP contribution is 1.97. The second-order valence-electron chi connectivity index (χ2n) is 2.96. The topological polar surface area (TPSA) is 41.6 Å². The van der Waals surface area contributed by atoms with Crippen molar-refractivity contribution in [1.29, 1.82) is 0 Å². The number of hydrogen-bond donors (Lipinski definition) is 1. The number of carbonyl (C=O) groups is 1. The van der Waals surface area contributed by atoms with Crippen LogP contribution >= 0.6 is 0 Å². The van der Waals surface area contributed by atoms with E-state index < -0.39 is 0 Å². The maximum Gasteiger partial charge on any atom is 0.306 e. The van der Waals surface area contributed by atoms with Crippen LogP contribution in [0.2, 0.25) is 0 Å². The van der Waals surface area contributed by atoms with Crippen molar-refractivity contribution in [3.8, 4) is 0 Å². The Morgan fingerprint density at radius 1 is 1.67 bits per heavy atom. The Morgan fingerprint density at radius 2 is 2.50 bits per heavy atom. The van der Waals surface area contributed by atoms with Gasteiger partial charge in [-0.1, -0.05) is 0 Å². The Balaban J connectivity index is 2.09. The zero-order valence-electron chi connectivity index (χ0n) is 7.51. The van der Waals surface area contributed by atoms with Crippen molar-refractivity contribution in [3.05, 3.63) is 0 Å². The van der Waals surface area contributed by atoms with Crippen LogP contribution in [0.15, 0.2) is 0 Å². The minimum absolute atomic E-state index is 0.124. The predicted octanol–water partition coefficient (Wildman–Crippen LogP) is -0.198. The SMILES string of the molecule is COC(=O)CCN1CCCNC1. The van der Waals surface area contributed by atoms with E-state index in [-0.39, 0.29) is 5.97 Å². The highest BCUT2D eigenvalue weighted by Gasteiger charge is 2.10. The summed E-state index contributed by atoms with van der Waals surface area (Å²) < 4.78 is 4.56. The number of nitrogens with zero attached hydrogens (tertiary/aromatic N) is 1. The zero-order valence-corrected chi connectivity index (χ0v) is 7.51. The van der Waals surface area contributed by atoms with Gasteiger partial charge in [-0.2, -0.15) is 0 Å². The molecular formula is C8H16N2O2. The molecule has 0 spiro atoms. The van der Waals surface area contributed by atoms with Gasteiger partial charge in [-0.3, -0.25) is 9.69 Å². The molecule has 4 nitrogen and oxygen atoms in total. The molecule has 0 bridgehead atoms. The average Bonchev–Trinajstić information content (AvgIpc) is 2.16. The van der Waals surface area contributed by atoms with Crippen LogP contribution in [-0.4, -0.2) is 44.3 Å². The van der Waals surface area contributed by atoms with Gasteiger partial charge >= 0.3 is 5.97 Å². The van der Waals surface area contributed by atoms with Crippen LogP contribution < -0.4 is 5.32 Å². The molecule has 0 atom stereocenters. The largest absolute Gasteiger partial charge is 0.469 e. The zero-order chi connectivity index (χ0) is 8.81. The van der Waals surface area contributed by atoms with Crippen LogP contribution in [0.4, 0.5) is 0 Å². The molecule has 0 radical (unpaired) electrons. The quantitative estimate of drug-likeness (QED) is 0.599. The lowest BCUT2D eigenvalue weighted by molar-refractivity contribution is -0.141. The number of methoxy groups -OCH3 is 1. The lowest BCUT2D eigenvalue weighted by atomic mass is 10.3. The van der Waals surface area contributed by atoms with Gasteiger partial charge in [0.25, 0.3) is 0 Å². The summed E-state index contributed by atoms with van der Waals surface area (Å²) in [5.41, 5.74) is 0. The van der Waals surface area contributed by atoms with Gasteiger partial charge in [-0.15, -0.1) is 0 Å². The van der Waals surface area contributed by atoms with E-state index in [1.165, 1.54) is 13.5 Å². The second-order valence-corrected chi connectivity index (χ2v) is 2.96. The Labute approximate surface area is 72.9 Å². The van der Waals surface area contributed by atoms with E-state index >= 15 is 0 Å². The molecule has 0 aromatic rings. The standard InChI is InChI=1S/C8H16N2O2/c1-12-8(11)3-6-10-5-2-4-9-7-10/h9H,2-7H2,1H3. The first-order valence-corrected chi connectivity index (χ1v) is 4.33. The molecule has 0 amide bonds. The van der Waals surface area contributed by atoms with Crippen LogP contribution in [0.3, 0.4) is 0 Å². The Morgan fingerprint density at radius 3 is 3.08 bits per heavy atom. The van der Waals surface area contributed by atoms with Crippen molar-refractivity contribution >= 4 is 5.97 Å². The van der Waals surface area contributed by atoms with Crippen LogP contribution in [-0.2, 0) is 9.53 Å². The maximum atomic E-state index is 10.8. The summed E-state index contributed by atoms with van der Waals surface area (Å²) in [5, 5.41) is 3.25. The van der Waals surface area contributed by atoms with Gasteiger partial charge in [0.15, 0.2) is 0 Å². The molecule has 0 unspecified atom stereocenters. The molecule has 12 heavy (non-hydrogen) atoms. The first kappa shape index (κ1) is 9.48. The van der Waals surface area contributed by atoms with E-state index in [4.69, 9.17) is 0 Å². The number of esters is 1. The second kappa shape index (κ2) is 5.11. The summed E-state index contributed by atoms with van der Waals surface area (Å²) in [4.78, 5) is 13.0. The fourth-order valence-corrected chi connectivity index (χ4v) is 1.29. The molecule has 1 N–H and O–H groups in total. The van der Waals surface area contributed by atoms with Crippen molar-refractivity contribution in [2.24, 2.45) is 0 Å². The van der Waals surface area contributed by atoms with Crippen LogP contribution in [0.1, 0.15) is 12.8 Å². The van der Waals surface area contributed by atoms with Gasteiger partial charge in [0.05, 0.1) is 13.5 Å². The molecule has 0 saturated carbocycles. The number of ether oxygens (including phenoxy) is 1. The smallest absolute Gasteiger partial charge is 0.306 e. The molecule has 0 aromatic heterocycles. The fraction of sp³-hybridized carbons (Fsp3) is 0.875. The lowest BCUT2D eigenvalue weighted by Gasteiger charge is -2.26. The van der Waals surface area contributed by atoms with Crippen molar-refractivity contribution in [3.63, 3.8) is 0 Å². The van der Waals surface area contributed by atoms with Gasteiger partial charge in [0.2, 0.25) is 0 Å². The molecule has 0 aliphatic carbocycles. The Bertz CT molecular complexity index is 144. The number of rotatable bonds is 3. The highest BCUT2D eigenvalue weighted by atomic mass is 16.5. The number of nitrogens with one attached hydrogen (secondary N) is 1. The molecule has 1 rings (SSSR count). The summed E-state index contributed by atoms with van der Waals surface area (Å²) in [6, 6.07) is 0. The monoisotopic (exact) mass is 172 g/mol. The van der Waals surface area contributed by atoms with Gasteiger partial charge in [-0.05, 0) is 13.0 Å². The molecular weight excluding hydrogens is 156 g/mol. The molecule has 1 heterocycles. The molecule has 0 aromatic carbocycles. The third-order valence-electron chi connectivity index (χ3n) is 2.02. The van der Waals surface area contributed by atoms with E-state index in [2.05, 4.69) is 15.0 Å². The minimum Gasteiger partial charge on any atom is -0.469 e. The number of carbonyl (C=O) groups excluding carboxylic acids is 1. The molecule has 1 fully saturated rings. The Hall–Kier alpha value is -0.610. The lowest BCUT2D eigenvalue weighted by Crippen LogP contribution is -2.42. The molecule has 1 saturated heterocycles. The molecule has 4 heteroatoms. The summed E-state index contributed by atoms with van der Waals surface area (Å²) in [6.45, 7) is 3.88. The van der Waals surface area contributed by atoms with E-state index in [1.54, 1.807) is 0 Å². The van der Waals surface area contributed by atoms with Crippen LogP contribution in [0, 0.1) is 0 Å². The van der Waals surface area contributed by atoms with Crippen molar-refractivity contribution in [1.82, 2.24) is 10.2 Å². The van der Waals surface area contributed by atoms with Gasteiger partial charge in [0, 0.05) is 19.8 Å². The summed E-state index contributed by atoms with van der Waals surface area (Å²) >= 11 is 0. The fourth-order valence-electron chi connectivity index (χ4n) is 1.29. The normalized spacial score (nSPS) is 19.1. The summed E-state index contributed by atoms with van der Waals surface area (Å²) in [6.07, 6.45) is 1.67. The maximum absolute atomic E-state index is 10.8. The highest BCUT2D eigenvalue weighted by molar-refractivity contribution is 5.69. The van der Waals surface area contributed by atoms with Crippen molar-refractivity contribution in [2.45, 2.75) is 12.8 Å². The van der Waals surface area contributed by atoms with E-state index in [9.17, 15) is 4.79 Å². The minimum atomic E-state index is -0.124. The third-order valence-corrected chi connectivity index (χ3v) is 2.02. The average molecular weight is 172 g/mol. The first-order chi connectivity index (χ1) is 5.83. The first-order valence-electron chi connectivity index (χ1n) is 4.33. The van der Waals surface area contributed by atoms with Crippen LogP contribution in [0.25, 0.3) is 0 Å². The van der Waals surface area contributed by atoms with E-state index in [1.807, 2.05) is 0 Å². The van der Waals surface area contributed by atoms with Gasteiger partial charge < -0.3 is 10.1 Å². The van der Waals surface area contributed by atoms with E-state index in [0.717, 1.165) is 26.3 Å². The molecule has 1 aliphatic rings. The number of hydrogen-bond acceptors (Lipinski definition) is 4. The van der Waals surface area contributed by atoms with Crippen LogP contribution in [0.5, 0.6) is 0 Å². The molecule has 70 valence electrons. The Kier molecular flexibility index (Phi) is 4.04. The third kappa shape index (κ3) is 3.19.